The van der Waals surface area contributed by atoms with Crippen molar-refractivity contribution in [1.82, 2.24) is 0 Å². The number of piperidine rings is 1. The van der Waals surface area contributed by atoms with E-state index in [4.69, 9.17) is 15.9 Å². The molecule has 6 heteroatoms. The van der Waals surface area contributed by atoms with E-state index in [2.05, 4.69) is 0 Å². The van der Waals surface area contributed by atoms with E-state index in [0.717, 1.165) is 18.9 Å². The number of anilines is 2. The lowest BCUT2D eigenvalue weighted by Crippen LogP contribution is -2.35. The molecule has 19 heavy (non-hydrogen) atoms. The molecule has 104 valence electrons. The van der Waals surface area contributed by atoms with Gasteiger partial charge in [0, 0.05) is 25.4 Å². The van der Waals surface area contributed by atoms with Crippen LogP contribution in [0.3, 0.4) is 0 Å². The SMILES string of the molecule is Nc1cc(F)c(N2CCC(CO)CC2)cc1C(=O)O. The molecule has 1 heterocycles. The van der Waals surface area contributed by atoms with Crippen molar-refractivity contribution in [2.75, 3.05) is 30.3 Å². The first kappa shape index (κ1) is 13.6. The summed E-state index contributed by atoms with van der Waals surface area (Å²) in [6.07, 6.45) is 1.53. The number of rotatable bonds is 3. The lowest BCUT2D eigenvalue weighted by atomic mass is 9.97. The van der Waals surface area contributed by atoms with Crippen molar-refractivity contribution in [3.05, 3.63) is 23.5 Å². The molecule has 1 saturated heterocycles. The van der Waals surface area contributed by atoms with Gasteiger partial charge in [-0.15, -0.1) is 0 Å². The van der Waals surface area contributed by atoms with Crippen molar-refractivity contribution in [3.8, 4) is 0 Å². The number of aromatic carboxylic acids is 1. The highest BCUT2D eigenvalue weighted by molar-refractivity contribution is 5.95. The van der Waals surface area contributed by atoms with E-state index >= 15 is 0 Å². The molecule has 0 unspecified atom stereocenters. The highest BCUT2D eigenvalue weighted by atomic mass is 19.1. The summed E-state index contributed by atoms with van der Waals surface area (Å²) >= 11 is 0. The van der Waals surface area contributed by atoms with Crippen LogP contribution >= 0.6 is 0 Å². The van der Waals surface area contributed by atoms with Gasteiger partial charge >= 0.3 is 5.97 Å². The molecule has 0 bridgehead atoms. The van der Waals surface area contributed by atoms with Crippen molar-refractivity contribution < 1.29 is 19.4 Å². The maximum atomic E-state index is 13.9. The number of nitrogens with zero attached hydrogens (tertiary/aromatic N) is 1. The van der Waals surface area contributed by atoms with Gasteiger partial charge in [0.05, 0.1) is 11.3 Å². The molecular weight excluding hydrogens is 251 g/mol. The molecule has 1 aliphatic heterocycles. The minimum atomic E-state index is -1.16. The van der Waals surface area contributed by atoms with Crippen LogP contribution in [-0.4, -0.2) is 35.9 Å². The predicted octanol–water partition coefficient (Wildman–Crippen LogP) is 1.31. The second-order valence-electron chi connectivity index (χ2n) is 4.81. The Morgan fingerprint density at radius 3 is 2.58 bits per heavy atom. The topological polar surface area (TPSA) is 86.8 Å². The zero-order valence-electron chi connectivity index (χ0n) is 10.5. The van der Waals surface area contributed by atoms with Gasteiger partial charge in [0.2, 0.25) is 0 Å². The Balaban J connectivity index is 2.25. The second-order valence-corrected chi connectivity index (χ2v) is 4.81. The van der Waals surface area contributed by atoms with Crippen LogP contribution in [0.4, 0.5) is 15.8 Å². The Bertz CT molecular complexity index is 485. The van der Waals surface area contributed by atoms with Gasteiger partial charge in [-0.25, -0.2) is 9.18 Å². The largest absolute Gasteiger partial charge is 0.478 e. The molecule has 0 spiro atoms. The Morgan fingerprint density at radius 2 is 2.05 bits per heavy atom. The van der Waals surface area contributed by atoms with E-state index in [0.29, 0.717) is 13.1 Å². The average Bonchev–Trinajstić information content (AvgIpc) is 2.38. The molecule has 4 N–H and O–H groups in total. The summed E-state index contributed by atoms with van der Waals surface area (Å²) in [4.78, 5) is 12.8. The van der Waals surface area contributed by atoms with Crippen LogP contribution in [0.1, 0.15) is 23.2 Å². The van der Waals surface area contributed by atoms with E-state index in [-0.39, 0.29) is 29.5 Å². The number of carboxylic acids is 1. The van der Waals surface area contributed by atoms with E-state index in [1.54, 1.807) is 4.90 Å². The number of nitrogen functional groups attached to an aromatic ring is 1. The molecule has 5 nitrogen and oxygen atoms in total. The van der Waals surface area contributed by atoms with Crippen LogP contribution < -0.4 is 10.6 Å². The second kappa shape index (κ2) is 5.44. The molecule has 2 rings (SSSR count). The first-order valence-corrected chi connectivity index (χ1v) is 6.21. The zero-order valence-corrected chi connectivity index (χ0v) is 10.5. The molecule has 0 amide bonds. The molecular formula is C13H17FN2O3. The number of carbonyl (C=O) groups is 1. The van der Waals surface area contributed by atoms with E-state index in [1.165, 1.54) is 6.07 Å². The minimum Gasteiger partial charge on any atom is -0.478 e. The number of aliphatic hydroxyl groups excluding tert-OH is 1. The van der Waals surface area contributed by atoms with E-state index in [1.807, 2.05) is 0 Å². The van der Waals surface area contributed by atoms with Gasteiger partial charge in [-0.1, -0.05) is 0 Å². The van der Waals surface area contributed by atoms with Crippen LogP contribution in [0.2, 0.25) is 0 Å². The minimum absolute atomic E-state index is 0.0704. The lowest BCUT2D eigenvalue weighted by molar-refractivity contribution is 0.0698. The normalized spacial score (nSPS) is 16.6. The molecule has 0 radical (unpaired) electrons. The third kappa shape index (κ3) is 2.78. The molecule has 1 aromatic carbocycles. The van der Waals surface area contributed by atoms with Gasteiger partial charge < -0.3 is 20.8 Å². The van der Waals surface area contributed by atoms with Crippen LogP contribution in [0, 0.1) is 11.7 Å². The van der Waals surface area contributed by atoms with E-state index < -0.39 is 11.8 Å². The number of nitrogens with two attached hydrogens (primary N) is 1. The fourth-order valence-corrected chi connectivity index (χ4v) is 2.36. The summed E-state index contributed by atoms with van der Waals surface area (Å²) < 4.78 is 13.9. The molecule has 0 atom stereocenters. The summed E-state index contributed by atoms with van der Waals surface area (Å²) in [6.45, 7) is 1.34. The highest BCUT2D eigenvalue weighted by Gasteiger charge is 2.22. The summed E-state index contributed by atoms with van der Waals surface area (Å²) in [7, 11) is 0. The number of hydrogen-bond donors (Lipinski definition) is 3. The molecule has 1 aromatic rings. The monoisotopic (exact) mass is 268 g/mol. The van der Waals surface area contributed by atoms with Crippen LogP contribution in [0.15, 0.2) is 12.1 Å². The maximum absolute atomic E-state index is 13.9. The standard InChI is InChI=1S/C13H17FN2O3/c14-10-6-11(15)9(13(18)19)5-12(10)16-3-1-8(7-17)2-4-16/h5-6,8,17H,1-4,7,15H2,(H,18,19). The summed E-state index contributed by atoms with van der Waals surface area (Å²) in [5.74, 6) is -1.43. The number of carboxylic acid groups (broad SMARTS) is 1. The van der Waals surface area contributed by atoms with Gasteiger partial charge in [0.15, 0.2) is 0 Å². The Morgan fingerprint density at radius 1 is 1.42 bits per heavy atom. The Labute approximate surface area is 110 Å². The fourth-order valence-electron chi connectivity index (χ4n) is 2.36. The molecule has 0 aliphatic carbocycles. The fraction of sp³-hybridized carbons (Fsp3) is 0.462. The first-order chi connectivity index (χ1) is 9.02. The van der Waals surface area contributed by atoms with E-state index in [9.17, 15) is 9.18 Å². The van der Waals surface area contributed by atoms with Gasteiger partial charge in [-0.2, -0.15) is 0 Å². The van der Waals surface area contributed by atoms with Gasteiger partial charge in [0.25, 0.3) is 0 Å². The van der Waals surface area contributed by atoms with Gasteiger partial charge in [0.1, 0.15) is 5.82 Å². The number of aliphatic hydroxyl groups is 1. The van der Waals surface area contributed by atoms with Gasteiger partial charge in [-0.3, -0.25) is 0 Å². The van der Waals surface area contributed by atoms with Crippen molar-refractivity contribution >= 4 is 17.3 Å². The summed E-state index contributed by atoms with van der Waals surface area (Å²) in [6, 6.07) is 2.34. The third-order valence-electron chi connectivity index (χ3n) is 3.56. The third-order valence-corrected chi connectivity index (χ3v) is 3.56. The predicted molar refractivity (Wildman–Crippen MR) is 69.8 cm³/mol. The van der Waals surface area contributed by atoms with Gasteiger partial charge in [-0.05, 0) is 30.9 Å². The first-order valence-electron chi connectivity index (χ1n) is 6.21. The van der Waals surface area contributed by atoms with Crippen LogP contribution in [-0.2, 0) is 0 Å². The maximum Gasteiger partial charge on any atom is 0.337 e. The number of halogens is 1. The quantitative estimate of drug-likeness (QED) is 0.720. The van der Waals surface area contributed by atoms with Crippen molar-refractivity contribution in [3.63, 3.8) is 0 Å². The lowest BCUT2D eigenvalue weighted by Gasteiger charge is -2.33. The zero-order chi connectivity index (χ0) is 14.0. The van der Waals surface area contributed by atoms with Crippen molar-refractivity contribution in [2.24, 2.45) is 5.92 Å². The Kier molecular flexibility index (Phi) is 3.90. The summed E-state index contributed by atoms with van der Waals surface area (Å²) in [5.41, 5.74) is 5.61. The highest BCUT2D eigenvalue weighted by Crippen LogP contribution is 2.29. The molecule has 0 aromatic heterocycles. The number of hydrogen-bond acceptors (Lipinski definition) is 4. The average molecular weight is 268 g/mol. The number of benzene rings is 1. The smallest absolute Gasteiger partial charge is 0.337 e. The Hall–Kier alpha value is -1.82. The molecule has 0 saturated carbocycles. The molecule has 1 fully saturated rings. The molecule has 1 aliphatic rings. The summed E-state index contributed by atoms with van der Waals surface area (Å²) in [5, 5.41) is 18.1. The van der Waals surface area contributed by atoms with Crippen LogP contribution in [0.5, 0.6) is 0 Å². The van der Waals surface area contributed by atoms with Crippen LogP contribution in [0.25, 0.3) is 0 Å². The van der Waals surface area contributed by atoms with Crippen molar-refractivity contribution in [1.29, 1.82) is 0 Å². The van der Waals surface area contributed by atoms with Crippen molar-refractivity contribution in [2.45, 2.75) is 12.8 Å².